The quantitative estimate of drug-likeness (QED) is 0.812. The van der Waals surface area contributed by atoms with Crippen LogP contribution in [0.5, 0.6) is 5.75 Å². The Labute approximate surface area is 91.7 Å². The maximum Gasteiger partial charge on any atom is 0.116 e. The van der Waals surface area contributed by atoms with Gasteiger partial charge in [0.2, 0.25) is 0 Å². The van der Waals surface area contributed by atoms with Gasteiger partial charge in [0.05, 0.1) is 5.60 Å². The highest BCUT2D eigenvalue weighted by Crippen LogP contribution is 2.42. The zero-order valence-corrected chi connectivity index (χ0v) is 9.42. The molecule has 0 unspecified atom stereocenters. The van der Waals surface area contributed by atoms with E-state index in [1.54, 1.807) is 18.2 Å². The van der Waals surface area contributed by atoms with Crippen LogP contribution >= 0.6 is 15.9 Å². The summed E-state index contributed by atoms with van der Waals surface area (Å²) >= 11 is 3.40. The van der Waals surface area contributed by atoms with E-state index in [0.717, 1.165) is 35.7 Å². The van der Waals surface area contributed by atoms with E-state index in [-0.39, 0.29) is 5.75 Å². The first-order valence-electron chi connectivity index (χ1n) is 4.83. The van der Waals surface area contributed by atoms with Gasteiger partial charge in [0.1, 0.15) is 5.75 Å². The third kappa shape index (κ3) is 1.66. The van der Waals surface area contributed by atoms with Crippen LogP contribution in [0.4, 0.5) is 0 Å². The van der Waals surface area contributed by atoms with E-state index in [4.69, 9.17) is 0 Å². The lowest BCUT2D eigenvalue weighted by atomic mass is 9.92. The molecule has 1 fully saturated rings. The summed E-state index contributed by atoms with van der Waals surface area (Å²) < 4.78 is 0.875. The average molecular weight is 257 g/mol. The van der Waals surface area contributed by atoms with Crippen molar-refractivity contribution in [3.63, 3.8) is 0 Å². The van der Waals surface area contributed by atoms with Gasteiger partial charge in [-0.05, 0) is 31.0 Å². The zero-order valence-electron chi connectivity index (χ0n) is 7.83. The molecule has 3 heteroatoms. The Bertz CT molecular complexity index is 343. The van der Waals surface area contributed by atoms with E-state index in [9.17, 15) is 10.2 Å². The predicted octanol–water partition coefficient (Wildman–Crippen LogP) is 2.92. The second-order valence-corrected chi connectivity index (χ2v) is 4.76. The van der Waals surface area contributed by atoms with Crippen molar-refractivity contribution in [3.8, 4) is 5.75 Å². The Balaban J connectivity index is 2.44. The Morgan fingerprint density at radius 3 is 2.50 bits per heavy atom. The minimum atomic E-state index is -0.739. The van der Waals surface area contributed by atoms with Crippen molar-refractivity contribution in [3.05, 3.63) is 28.2 Å². The Hall–Kier alpha value is -0.540. The van der Waals surface area contributed by atoms with Gasteiger partial charge in [0.15, 0.2) is 0 Å². The van der Waals surface area contributed by atoms with E-state index in [1.165, 1.54) is 0 Å². The Morgan fingerprint density at radius 2 is 1.86 bits per heavy atom. The molecule has 0 atom stereocenters. The van der Waals surface area contributed by atoms with Crippen LogP contribution in [0.1, 0.15) is 31.2 Å². The summed E-state index contributed by atoms with van der Waals surface area (Å²) in [5.74, 6) is 0.212. The second-order valence-electron chi connectivity index (χ2n) is 3.90. The van der Waals surface area contributed by atoms with Crippen molar-refractivity contribution in [2.75, 3.05) is 0 Å². The van der Waals surface area contributed by atoms with Crippen LogP contribution in [0.15, 0.2) is 22.7 Å². The minimum Gasteiger partial charge on any atom is -0.508 e. The summed E-state index contributed by atoms with van der Waals surface area (Å²) in [6.45, 7) is 0. The molecule has 0 saturated heterocycles. The van der Waals surface area contributed by atoms with Gasteiger partial charge in [-0.15, -0.1) is 0 Å². The van der Waals surface area contributed by atoms with E-state index in [0.29, 0.717) is 0 Å². The molecule has 0 amide bonds. The van der Waals surface area contributed by atoms with Crippen LogP contribution in [0.2, 0.25) is 0 Å². The molecule has 0 aromatic heterocycles. The second kappa shape index (κ2) is 3.55. The molecule has 0 radical (unpaired) electrons. The third-order valence-corrected chi connectivity index (χ3v) is 3.57. The number of halogens is 1. The van der Waals surface area contributed by atoms with Gasteiger partial charge in [0, 0.05) is 10.0 Å². The topological polar surface area (TPSA) is 40.5 Å². The lowest BCUT2D eigenvalue weighted by Crippen LogP contribution is -2.21. The SMILES string of the molecule is Oc1ccc(Br)c(C2(O)CCCC2)c1. The fraction of sp³-hybridized carbons (Fsp3) is 0.455. The molecule has 1 aromatic carbocycles. The zero-order chi connectivity index (χ0) is 10.2. The van der Waals surface area contributed by atoms with Crippen molar-refractivity contribution in [1.82, 2.24) is 0 Å². The first kappa shape index (κ1) is 9.99. The molecule has 14 heavy (non-hydrogen) atoms. The molecule has 0 aliphatic heterocycles. The van der Waals surface area contributed by atoms with Crippen molar-refractivity contribution in [1.29, 1.82) is 0 Å². The maximum atomic E-state index is 10.3. The van der Waals surface area contributed by atoms with Gasteiger partial charge in [0.25, 0.3) is 0 Å². The number of hydrogen-bond acceptors (Lipinski definition) is 2. The number of hydrogen-bond donors (Lipinski definition) is 2. The number of phenols is 1. The third-order valence-electron chi connectivity index (χ3n) is 2.88. The van der Waals surface area contributed by atoms with Gasteiger partial charge in [-0.1, -0.05) is 28.8 Å². The smallest absolute Gasteiger partial charge is 0.116 e. The van der Waals surface area contributed by atoms with Crippen LogP contribution in [0.3, 0.4) is 0 Å². The van der Waals surface area contributed by atoms with Crippen LogP contribution in [-0.2, 0) is 5.60 Å². The Kier molecular flexibility index (Phi) is 2.54. The first-order chi connectivity index (χ1) is 6.62. The fourth-order valence-corrected chi connectivity index (χ4v) is 2.71. The largest absolute Gasteiger partial charge is 0.508 e. The van der Waals surface area contributed by atoms with Gasteiger partial charge in [-0.3, -0.25) is 0 Å². The minimum absolute atomic E-state index is 0.212. The monoisotopic (exact) mass is 256 g/mol. The number of rotatable bonds is 1. The molecule has 1 aliphatic carbocycles. The summed E-state index contributed by atoms with van der Waals surface area (Å²) in [4.78, 5) is 0. The number of aromatic hydroxyl groups is 1. The van der Waals surface area contributed by atoms with Gasteiger partial charge in [-0.25, -0.2) is 0 Å². The summed E-state index contributed by atoms with van der Waals surface area (Å²) in [6, 6.07) is 5.04. The van der Waals surface area contributed by atoms with E-state index < -0.39 is 5.60 Å². The van der Waals surface area contributed by atoms with Crippen LogP contribution < -0.4 is 0 Å². The van der Waals surface area contributed by atoms with E-state index >= 15 is 0 Å². The standard InChI is InChI=1S/C11H13BrO2/c12-10-4-3-8(13)7-9(10)11(14)5-1-2-6-11/h3-4,7,13-14H,1-2,5-6H2. The van der Waals surface area contributed by atoms with Gasteiger partial charge in [-0.2, -0.15) is 0 Å². The summed E-state index contributed by atoms with van der Waals surface area (Å²) in [7, 11) is 0. The fourth-order valence-electron chi connectivity index (χ4n) is 2.10. The lowest BCUT2D eigenvalue weighted by molar-refractivity contribution is 0.0435. The van der Waals surface area contributed by atoms with Crippen molar-refractivity contribution in [2.45, 2.75) is 31.3 Å². The molecule has 1 aromatic rings. The molecule has 2 N–H and O–H groups in total. The molecular formula is C11H13BrO2. The molecular weight excluding hydrogens is 244 g/mol. The van der Waals surface area contributed by atoms with Crippen molar-refractivity contribution < 1.29 is 10.2 Å². The van der Waals surface area contributed by atoms with Crippen molar-refractivity contribution in [2.24, 2.45) is 0 Å². The highest BCUT2D eigenvalue weighted by Gasteiger charge is 2.34. The molecule has 0 heterocycles. The molecule has 0 bridgehead atoms. The first-order valence-corrected chi connectivity index (χ1v) is 5.62. The Morgan fingerprint density at radius 1 is 1.21 bits per heavy atom. The molecule has 1 aliphatic rings. The van der Waals surface area contributed by atoms with Gasteiger partial charge < -0.3 is 10.2 Å². The van der Waals surface area contributed by atoms with Crippen LogP contribution in [-0.4, -0.2) is 10.2 Å². The number of phenolic OH excluding ortho intramolecular Hbond substituents is 1. The van der Waals surface area contributed by atoms with E-state index in [1.807, 2.05) is 0 Å². The molecule has 2 nitrogen and oxygen atoms in total. The molecule has 0 spiro atoms. The highest BCUT2D eigenvalue weighted by atomic mass is 79.9. The molecule has 1 saturated carbocycles. The lowest BCUT2D eigenvalue weighted by Gasteiger charge is -2.24. The average Bonchev–Trinajstić information content (AvgIpc) is 2.58. The maximum absolute atomic E-state index is 10.3. The van der Waals surface area contributed by atoms with Gasteiger partial charge >= 0.3 is 0 Å². The summed E-state index contributed by atoms with van der Waals surface area (Å²) in [5, 5.41) is 19.7. The van der Waals surface area contributed by atoms with Crippen LogP contribution in [0, 0.1) is 0 Å². The summed E-state index contributed by atoms with van der Waals surface area (Å²) in [6.07, 6.45) is 3.68. The predicted molar refractivity (Wildman–Crippen MR) is 58.2 cm³/mol. The number of aliphatic hydroxyl groups is 1. The number of benzene rings is 1. The summed E-state index contributed by atoms with van der Waals surface area (Å²) in [5.41, 5.74) is 0.0763. The van der Waals surface area contributed by atoms with E-state index in [2.05, 4.69) is 15.9 Å². The normalized spacial score (nSPS) is 19.9. The van der Waals surface area contributed by atoms with Crippen LogP contribution in [0.25, 0.3) is 0 Å². The highest BCUT2D eigenvalue weighted by molar-refractivity contribution is 9.10. The van der Waals surface area contributed by atoms with Crippen molar-refractivity contribution >= 4 is 15.9 Å². The molecule has 76 valence electrons. The molecule has 2 rings (SSSR count).